The Morgan fingerprint density at radius 3 is 3.00 bits per heavy atom. The second kappa shape index (κ2) is 6.33. The van der Waals surface area contributed by atoms with Gasteiger partial charge in [0, 0.05) is 17.0 Å². The lowest BCUT2D eigenvalue weighted by Crippen LogP contribution is -2.26. The molecule has 106 valence electrons. The summed E-state index contributed by atoms with van der Waals surface area (Å²) in [7, 11) is 0. The molecule has 3 N–H and O–H groups in total. The second-order valence-electron chi connectivity index (χ2n) is 4.49. The lowest BCUT2D eigenvalue weighted by atomic mass is 10.0. The van der Waals surface area contributed by atoms with Crippen LogP contribution < -0.4 is 16.3 Å². The third-order valence-corrected chi connectivity index (χ3v) is 3.97. The number of amides is 2. The van der Waals surface area contributed by atoms with E-state index in [-0.39, 0.29) is 24.2 Å². The molecule has 0 saturated carbocycles. The van der Waals surface area contributed by atoms with Crippen LogP contribution in [-0.4, -0.2) is 18.0 Å². The van der Waals surface area contributed by atoms with Gasteiger partial charge >= 0.3 is 0 Å². The van der Waals surface area contributed by atoms with E-state index in [1.54, 1.807) is 17.6 Å². The first-order valence-corrected chi connectivity index (χ1v) is 7.06. The topological polar surface area (TPSA) is 82.6 Å². The molecule has 0 bridgehead atoms. The zero-order chi connectivity index (χ0) is 14.5. The van der Waals surface area contributed by atoms with Crippen molar-refractivity contribution < 1.29 is 9.59 Å². The van der Waals surface area contributed by atoms with Gasteiger partial charge in [0.1, 0.15) is 0 Å². The summed E-state index contributed by atoms with van der Waals surface area (Å²) in [6.45, 7) is 5.70. The highest BCUT2D eigenvalue weighted by molar-refractivity contribution is 7.11. The molecule has 1 aliphatic heterocycles. The zero-order valence-corrected chi connectivity index (χ0v) is 11.9. The summed E-state index contributed by atoms with van der Waals surface area (Å²) in [5.74, 6) is -0.729. The number of nitrogens with one attached hydrogen (secondary N) is 3. The van der Waals surface area contributed by atoms with Gasteiger partial charge < -0.3 is 5.43 Å². The van der Waals surface area contributed by atoms with Crippen molar-refractivity contribution >= 4 is 29.4 Å². The van der Waals surface area contributed by atoms with E-state index in [0.29, 0.717) is 12.1 Å². The Balaban J connectivity index is 1.76. The second-order valence-corrected chi connectivity index (χ2v) is 5.44. The quantitative estimate of drug-likeness (QED) is 0.560. The molecular formula is C13H16N4O2S. The first-order valence-electron chi connectivity index (χ1n) is 6.18. The number of rotatable bonds is 5. The third kappa shape index (κ3) is 3.45. The number of carbonyl (C=O) groups excluding carboxylic acids is 2. The monoisotopic (exact) mass is 292 g/mol. The van der Waals surface area contributed by atoms with Crippen LogP contribution in [0.25, 0.3) is 0 Å². The maximum absolute atomic E-state index is 11.6. The zero-order valence-electron chi connectivity index (χ0n) is 11.1. The fourth-order valence-corrected chi connectivity index (χ4v) is 2.58. The van der Waals surface area contributed by atoms with E-state index in [2.05, 4.69) is 28.0 Å². The average molecular weight is 292 g/mol. The highest BCUT2D eigenvalue weighted by Gasteiger charge is 2.27. The first kappa shape index (κ1) is 14.3. The minimum atomic E-state index is -0.357. The molecule has 1 fully saturated rings. The van der Waals surface area contributed by atoms with Crippen LogP contribution in [0.2, 0.25) is 0 Å². The van der Waals surface area contributed by atoms with Crippen molar-refractivity contribution in [3.8, 4) is 0 Å². The molecule has 1 atom stereocenters. The van der Waals surface area contributed by atoms with Gasteiger partial charge in [-0.1, -0.05) is 6.58 Å². The Morgan fingerprint density at radius 1 is 1.60 bits per heavy atom. The van der Waals surface area contributed by atoms with Crippen LogP contribution in [0, 0.1) is 12.8 Å². The molecule has 0 aromatic carbocycles. The van der Waals surface area contributed by atoms with Gasteiger partial charge in [0.05, 0.1) is 12.1 Å². The van der Waals surface area contributed by atoms with Gasteiger partial charge in [0.15, 0.2) is 0 Å². The van der Waals surface area contributed by atoms with E-state index in [0.717, 1.165) is 10.4 Å². The van der Waals surface area contributed by atoms with Crippen molar-refractivity contribution in [3.63, 3.8) is 0 Å². The molecule has 1 saturated heterocycles. The molecule has 6 nitrogen and oxygen atoms in total. The molecule has 1 aromatic heterocycles. The normalized spacial score (nSPS) is 18.1. The van der Waals surface area contributed by atoms with Gasteiger partial charge in [0.2, 0.25) is 11.8 Å². The molecule has 2 amide bonds. The predicted molar refractivity (Wildman–Crippen MR) is 77.9 cm³/mol. The Bertz CT molecular complexity index is 548. The minimum Gasteiger partial charge on any atom is -0.303 e. The third-order valence-electron chi connectivity index (χ3n) is 3.02. The number of nitrogens with zero attached hydrogens (tertiary/aromatic N) is 1. The van der Waals surface area contributed by atoms with Crippen LogP contribution in [0.3, 0.4) is 0 Å². The standard InChI is InChI=1S/C13H16N4O2S/c1-8-5-6-20-11(8)7-14-16-12(18)4-3-10-9(2)15-17-13(10)19/h5-7,10,15H,2-4H2,1H3,(H,16,18)(H,17,19)/t10-/m0/s1. The molecule has 1 aliphatic rings. The number of hydrogen-bond donors (Lipinski definition) is 3. The molecule has 20 heavy (non-hydrogen) atoms. The molecule has 7 heteroatoms. The van der Waals surface area contributed by atoms with Gasteiger partial charge in [-0.25, -0.2) is 5.43 Å². The molecule has 1 aromatic rings. The number of thiophene rings is 1. The summed E-state index contributed by atoms with van der Waals surface area (Å²) in [5.41, 5.74) is 9.30. The van der Waals surface area contributed by atoms with E-state index in [4.69, 9.17) is 0 Å². The Labute approximate surface area is 120 Å². The average Bonchev–Trinajstić information content (AvgIpc) is 2.95. The van der Waals surface area contributed by atoms with Crippen LogP contribution in [-0.2, 0) is 9.59 Å². The molecule has 0 unspecified atom stereocenters. The number of hydrazone groups is 1. The van der Waals surface area contributed by atoms with Crippen molar-refractivity contribution in [3.05, 3.63) is 34.2 Å². The molecule has 2 heterocycles. The van der Waals surface area contributed by atoms with E-state index in [1.807, 2.05) is 18.4 Å². The Kier molecular flexibility index (Phi) is 4.52. The Morgan fingerprint density at radius 2 is 2.40 bits per heavy atom. The predicted octanol–water partition coefficient (Wildman–Crippen LogP) is 1.05. The molecule has 2 rings (SSSR count). The number of hydrogen-bond acceptors (Lipinski definition) is 5. The van der Waals surface area contributed by atoms with E-state index in [9.17, 15) is 9.59 Å². The summed E-state index contributed by atoms with van der Waals surface area (Å²) in [6, 6.07) is 1.99. The fraction of sp³-hybridized carbons (Fsp3) is 0.308. The summed E-state index contributed by atoms with van der Waals surface area (Å²) in [5, 5.41) is 5.87. The maximum Gasteiger partial charge on any atom is 0.247 e. The molecular weight excluding hydrogens is 276 g/mol. The maximum atomic E-state index is 11.6. The van der Waals surface area contributed by atoms with Crippen LogP contribution >= 0.6 is 11.3 Å². The van der Waals surface area contributed by atoms with Crippen molar-refractivity contribution in [2.24, 2.45) is 11.0 Å². The largest absolute Gasteiger partial charge is 0.303 e. The van der Waals surface area contributed by atoms with E-state index < -0.39 is 0 Å². The summed E-state index contributed by atoms with van der Waals surface area (Å²) < 4.78 is 0. The van der Waals surface area contributed by atoms with Crippen molar-refractivity contribution in [2.75, 3.05) is 0 Å². The smallest absolute Gasteiger partial charge is 0.247 e. The lowest BCUT2D eigenvalue weighted by molar-refractivity contribution is -0.123. The molecule has 0 spiro atoms. The first-order chi connectivity index (χ1) is 9.58. The van der Waals surface area contributed by atoms with Crippen molar-refractivity contribution in [2.45, 2.75) is 19.8 Å². The minimum absolute atomic E-state index is 0.152. The van der Waals surface area contributed by atoms with Crippen molar-refractivity contribution in [1.82, 2.24) is 16.3 Å². The Hall–Kier alpha value is -2.15. The number of hydrazine groups is 1. The van der Waals surface area contributed by atoms with Gasteiger partial charge in [-0.3, -0.25) is 15.0 Å². The van der Waals surface area contributed by atoms with E-state index >= 15 is 0 Å². The van der Waals surface area contributed by atoms with Gasteiger partial charge in [-0.05, 0) is 30.4 Å². The van der Waals surface area contributed by atoms with Crippen LogP contribution in [0.15, 0.2) is 28.8 Å². The SMILES string of the molecule is C=C1NNC(=O)[C@H]1CCC(=O)NN=Cc1sccc1C. The van der Waals surface area contributed by atoms with Crippen LogP contribution in [0.4, 0.5) is 0 Å². The van der Waals surface area contributed by atoms with Gasteiger partial charge in [-0.15, -0.1) is 11.3 Å². The molecule has 0 aliphatic carbocycles. The summed E-state index contributed by atoms with van der Waals surface area (Å²) in [4.78, 5) is 24.0. The van der Waals surface area contributed by atoms with Crippen LogP contribution in [0.5, 0.6) is 0 Å². The van der Waals surface area contributed by atoms with Gasteiger partial charge in [-0.2, -0.15) is 5.10 Å². The highest BCUT2D eigenvalue weighted by atomic mass is 32.1. The highest BCUT2D eigenvalue weighted by Crippen LogP contribution is 2.17. The molecule has 0 radical (unpaired) electrons. The van der Waals surface area contributed by atoms with Crippen molar-refractivity contribution in [1.29, 1.82) is 0 Å². The summed E-state index contributed by atoms with van der Waals surface area (Å²) >= 11 is 1.56. The summed E-state index contributed by atoms with van der Waals surface area (Å²) in [6.07, 6.45) is 2.26. The van der Waals surface area contributed by atoms with Crippen LogP contribution in [0.1, 0.15) is 23.3 Å². The van der Waals surface area contributed by atoms with Gasteiger partial charge in [0.25, 0.3) is 0 Å². The fourth-order valence-electron chi connectivity index (χ4n) is 1.79. The number of aryl methyl sites for hydroxylation is 1. The number of carbonyl (C=O) groups is 2. The van der Waals surface area contributed by atoms with E-state index in [1.165, 1.54) is 0 Å². The lowest BCUT2D eigenvalue weighted by Gasteiger charge is -2.05.